The molecule has 8 heteroatoms. The van der Waals surface area contributed by atoms with Gasteiger partial charge in [0.25, 0.3) is 0 Å². The van der Waals surface area contributed by atoms with Crippen molar-refractivity contribution in [2.75, 3.05) is 0 Å². The van der Waals surface area contributed by atoms with Crippen molar-refractivity contribution in [3.63, 3.8) is 0 Å². The molecule has 1 aromatic heterocycles. The van der Waals surface area contributed by atoms with Crippen molar-refractivity contribution >= 4 is 29.3 Å². The lowest BCUT2D eigenvalue weighted by atomic mass is 9.59. The Kier molecular flexibility index (Phi) is 6.09. The summed E-state index contributed by atoms with van der Waals surface area (Å²) < 4.78 is 17.9. The third kappa shape index (κ3) is 4.54. The number of halogens is 2. The van der Waals surface area contributed by atoms with E-state index < -0.39 is 5.60 Å². The first-order valence-electron chi connectivity index (χ1n) is 13.2. The van der Waals surface area contributed by atoms with E-state index in [0.29, 0.717) is 33.8 Å². The van der Waals surface area contributed by atoms with Crippen molar-refractivity contribution in [3.8, 4) is 11.3 Å². The SMILES string of the molecule is CC(C)(C)OC(=O)N1[C@@H]2CC[C@H]1CC1(CC(OCc3c(-c4c(Cl)cccc4Cl)noc3C3CC3)C1)C2. The fraction of sp³-hybridized carbons (Fsp3) is 0.643. The molecule has 3 heterocycles. The minimum atomic E-state index is -0.463. The Bertz CT molecular complexity index is 1130. The van der Waals surface area contributed by atoms with E-state index >= 15 is 0 Å². The van der Waals surface area contributed by atoms with Gasteiger partial charge in [-0.3, -0.25) is 0 Å². The van der Waals surface area contributed by atoms with Gasteiger partial charge < -0.3 is 18.9 Å². The van der Waals surface area contributed by atoms with E-state index in [1.54, 1.807) is 0 Å². The van der Waals surface area contributed by atoms with Crippen molar-refractivity contribution in [1.82, 2.24) is 10.1 Å². The van der Waals surface area contributed by atoms with Gasteiger partial charge in [0.15, 0.2) is 0 Å². The fourth-order valence-corrected chi connectivity index (χ4v) is 7.24. The lowest BCUT2D eigenvalue weighted by Crippen LogP contribution is -2.56. The van der Waals surface area contributed by atoms with Crippen LogP contribution in [0.5, 0.6) is 0 Å². The second kappa shape index (κ2) is 8.92. The highest BCUT2D eigenvalue weighted by atomic mass is 35.5. The molecular formula is C28H34Cl2N2O4. The topological polar surface area (TPSA) is 64.8 Å². The standard InChI is InChI=1S/C28H34Cl2N2O4/c1-27(2,3)35-26(33)32-17-9-10-18(32)12-28(11-17)13-19(14-28)34-15-20-24(31-36-25(20)16-7-8-16)23-21(29)5-4-6-22(23)30/h4-6,16-19H,7-15H2,1-3H3/t17-,18+,19?,28?. The molecule has 0 N–H and O–H groups in total. The Morgan fingerprint density at radius 2 is 1.72 bits per heavy atom. The maximum atomic E-state index is 12.8. The normalized spacial score (nSPS) is 29.5. The van der Waals surface area contributed by atoms with Crippen LogP contribution in [0.25, 0.3) is 11.3 Å². The second-order valence-electron chi connectivity index (χ2n) is 12.3. The van der Waals surface area contributed by atoms with E-state index in [0.717, 1.165) is 62.7 Å². The molecule has 194 valence electrons. The van der Waals surface area contributed by atoms with Gasteiger partial charge in [0, 0.05) is 29.1 Å². The summed E-state index contributed by atoms with van der Waals surface area (Å²) in [5.74, 6) is 1.32. The number of carbonyl (C=O) groups is 1. The van der Waals surface area contributed by atoms with E-state index in [9.17, 15) is 4.79 Å². The van der Waals surface area contributed by atoms with E-state index in [1.807, 2.05) is 43.9 Å². The third-order valence-corrected chi connectivity index (χ3v) is 8.94. The number of piperidine rings is 1. The molecule has 1 spiro atoms. The first-order chi connectivity index (χ1) is 17.1. The van der Waals surface area contributed by atoms with Crippen LogP contribution in [0.3, 0.4) is 0 Å². The zero-order valence-electron chi connectivity index (χ0n) is 21.2. The predicted molar refractivity (Wildman–Crippen MR) is 138 cm³/mol. The van der Waals surface area contributed by atoms with Crippen LogP contribution in [0, 0.1) is 5.41 Å². The van der Waals surface area contributed by atoms with Crippen molar-refractivity contribution < 1.29 is 18.8 Å². The summed E-state index contributed by atoms with van der Waals surface area (Å²) in [6, 6.07) is 6.06. The zero-order chi connectivity index (χ0) is 25.2. The third-order valence-electron chi connectivity index (χ3n) is 8.31. The number of carbonyl (C=O) groups excluding carboxylic acids is 1. The van der Waals surface area contributed by atoms with Crippen LogP contribution in [-0.4, -0.2) is 39.9 Å². The minimum Gasteiger partial charge on any atom is -0.444 e. The Labute approximate surface area is 222 Å². The van der Waals surface area contributed by atoms with Crippen molar-refractivity contribution in [2.45, 2.75) is 108 Å². The van der Waals surface area contributed by atoms with Crippen LogP contribution >= 0.6 is 23.2 Å². The van der Waals surface area contributed by atoms with Crippen LogP contribution in [-0.2, 0) is 16.1 Å². The lowest BCUT2D eigenvalue weighted by Gasteiger charge is -2.54. The van der Waals surface area contributed by atoms with Crippen LogP contribution in [0.1, 0.15) is 89.4 Å². The highest BCUT2D eigenvalue weighted by Crippen LogP contribution is 2.57. The molecule has 0 radical (unpaired) electrons. The molecule has 4 fully saturated rings. The molecule has 6 rings (SSSR count). The molecule has 36 heavy (non-hydrogen) atoms. The fourth-order valence-electron chi connectivity index (χ4n) is 6.66. The second-order valence-corrected chi connectivity index (χ2v) is 13.1. The van der Waals surface area contributed by atoms with Gasteiger partial charge in [0.05, 0.1) is 22.8 Å². The van der Waals surface area contributed by atoms with E-state index in [-0.39, 0.29) is 29.7 Å². The number of amides is 1. The molecule has 0 unspecified atom stereocenters. The number of benzene rings is 1. The molecule has 2 aliphatic carbocycles. The summed E-state index contributed by atoms with van der Waals surface area (Å²) in [5.41, 5.74) is 2.21. The molecule has 6 nitrogen and oxygen atoms in total. The van der Waals surface area contributed by atoms with Crippen molar-refractivity contribution in [2.24, 2.45) is 5.41 Å². The first-order valence-corrected chi connectivity index (χ1v) is 13.9. The number of aromatic nitrogens is 1. The van der Waals surface area contributed by atoms with Gasteiger partial charge in [-0.25, -0.2) is 4.79 Å². The number of fused-ring (bicyclic) bond motifs is 2. The molecule has 2 aliphatic heterocycles. The van der Waals surface area contributed by atoms with Gasteiger partial charge in [-0.15, -0.1) is 0 Å². The van der Waals surface area contributed by atoms with Gasteiger partial charge >= 0.3 is 6.09 Å². The Balaban J connectivity index is 1.11. The molecule has 2 bridgehead atoms. The molecule has 1 aromatic carbocycles. The van der Waals surface area contributed by atoms with Gasteiger partial charge in [-0.2, -0.15) is 0 Å². The summed E-state index contributed by atoms with van der Waals surface area (Å²) in [4.78, 5) is 14.9. The van der Waals surface area contributed by atoms with E-state index in [4.69, 9.17) is 37.2 Å². The Morgan fingerprint density at radius 3 is 2.31 bits per heavy atom. The Morgan fingerprint density at radius 1 is 1.08 bits per heavy atom. The summed E-state index contributed by atoms with van der Waals surface area (Å²) in [6.45, 7) is 6.24. The van der Waals surface area contributed by atoms with Gasteiger partial charge in [0.1, 0.15) is 17.1 Å². The van der Waals surface area contributed by atoms with Crippen LogP contribution in [0.2, 0.25) is 10.0 Å². The highest BCUT2D eigenvalue weighted by molar-refractivity contribution is 6.39. The number of nitrogens with zero attached hydrogens (tertiary/aromatic N) is 2. The largest absolute Gasteiger partial charge is 0.444 e. The minimum absolute atomic E-state index is 0.150. The smallest absolute Gasteiger partial charge is 0.410 e. The number of rotatable bonds is 5. The van der Waals surface area contributed by atoms with Crippen LogP contribution in [0.15, 0.2) is 22.7 Å². The Hall–Kier alpha value is -1.76. The summed E-state index contributed by atoms with van der Waals surface area (Å²) in [7, 11) is 0. The lowest BCUT2D eigenvalue weighted by molar-refractivity contribution is -0.122. The summed E-state index contributed by atoms with van der Waals surface area (Å²) in [5, 5.41) is 5.51. The van der Waals surface area contributed by atoms with E-state index in [1.165, 1.54) is 0 Å². The monoisotopic (exact) mass is 532 g/mol. The average molecular weight is 533 g/mol. The van der Waals surface area contributed by atoms with Crippen molar-refractivity contribution in [1.29, 1.82) is 0 Å². The average Bonchev–Trinajstić information content (AvgIpc) is 3.47. The maximum Gasteiger partial charge on any atom is 0.410 e. The van der Waals surface area contributed by atoms with Gasteiger partial charge in [0.2, 0.25) is 0 Å². The van der Waals surface area contributed by atoms with Gasteiger partial charge in [-0.1, -0.05) is 34.4 Å². The molecule has 1 amide bonds. The van der Waals surface area contributed by atoms with Crippen LogP contribution < -0.4 is 0 Å². The summed E-state index contributed by atoms with van der Waals surface area (Å²) in [6.07, 6.45) is 8.59. The predicted octanol–water partition coefficient (Wildman–Crippen LogP) is 7.75. The molecule has 2 saturated heterocycles. The van der Waals surface area contributed by atoms with Gasteiger partial charge in [-0.05, 0) is 89.7 Å². The summed E-state index contributed by atoms with van der Waals surface area (Å²) >= 11 is 13.0. The van der Waals surface area contributed by atoms with E-state index in [2.05, 4.69) is 5.16 Å². The first kappa shape index (κ1) is 24.6. The molecule has 2 aromatic rings. The molecule has 2 atom stereocenters. The number of ether oxygens (including phenoxy) is 2. The van der Waals surface area contributed by atoms with Crippen molar-refractivity contribution in [3.05, 3.63) is 39.6 Å². The maximum absolute atomic E-state index is 12.8. The highest BCUT2D eigenvalue weighted by Gasteiger charge is 2.56. The molecule has 2 saturated carbocycles. The van der Waals surface area contributed by atoms with Crippen LogP contribution in [0.4, 0.5) is 4.79 Å². The zero-order valence-corrected chi connectivity index (χ0v) is 22.7. The number of hydrogen-bond acceptors (Lipinski definition) is 5. The quantitative estimate of drug-likeness (QED) is 0.393. The molecular weight excluding hydrogens is 499 g/mol. The molecule has 4 aliphatic rings. The number of hydrogen-bond donors (Lipinski definition) is 0.